The van der Waals surface area contributed by atoms with Gasteiger partial charge in [0.05, 0.1) is 4.88 Å². The van der Waals surface area contributed by atoms with Crippen LogP contribution in [0.2, 0.25) is 0 Å². The van der Waals surface area contributed by atoms with Gasteiger partial charge in [0.25, 0.3) is 5.91 Å². The highest BCUT2D eigenvalue weighted by Crippen LogP contribution is 2.29. The van der Waals surface area contributed by atoms with Crippen molar-refractivity contribution < 1.29 is 19.5 Å². The fourth-order valence-electron chi connectivity index (χ4n) is 2.38. The molecule has 0 aromatic carbocycles. The van der Waals surface area contributed by atoms with E-state index in [1.54, 1.807) is 0 Å². The summed E-state index contributed by atoms with van der Waals surface area (Å²) in [7, 11) is 0. The zero-order chi connectivity index (χ0) is 15.4. The minimum atomic E-state index is -1.16. The zero-order valence-corrected chi connectivity index (χ0v) is 12.4. The third-order valence-corrected chi connectivity index (χ3v) is 4.74. The average molecular weight is 310 g/mol. The van der Waals surface area contributed by atoms with Gasteiger partial charge < -0.3 is 16.2 Å². The van der Waals surface area contributed by atoms with Crippen LogP contribution in [0, 0.1) is 0 Å². The third-order valence-electron chi connectivity index (χ3n) is 3.50. The first-order chi connectivity index (χ1) is 9.97. The lowest BCUT2D eigenvalue weighted by Gasteiger charge is -2.12. The molecule has 1 aliphatic rings. The predicted octanol–water partition coefficient (Wildman–Crippen LogP) is 1.08. The number of primary amides is 1. The van der Waals surface area contributed by atoms with Gasteiger partial charge in [-0.2, -0.15) is 0 Å². The van der Waals surface area contributed by atoms with Crippen LogP contribution in [-0.4, -0.2) is 28.9 Å². The van der Waals surface area contributed by atoms with Crippen molar-refractivity contribution in [3.8, 4) is 0 Å². The van der Waals surface area contributed by atoms with Crippen molar-refractivity contribution in [2.75, 3.05) is 0 Å². The van der Waals surface area contributed by atoms with E-state index in [0.717, 1.165) is 25.7 Å². The molecule has 0 fully saturated rings. The Hall–Kier alpha value is -1.89. The molecule has 6 nitrogen and oxygen atoms in total. The number of amides is 2. The molecule has 1 aromatic heterocycles. The van der Waals surface area contributed by atoms with E-state index in [2.05, 4.69) is 5.32 Å². The van der Waals surface area contributed by atoms with Gasteiger partial charge in [0.1, 0.15) is 6.04 Å². The number of nitrogens with two attached hydrogens (primary N) is 1. The number of thiophene rings is 1. The quantitative estimate of drug-likeness (QED) is 0.730. The molecule has 0 aliphatic heterocycles. The second-order valence-corrected chi connectivity index (χ2v) is 6.27. The molecule has 2 amide bonds. The number of hydrogen-bond acceptors (Lipinski definition) is 4. The summed E-state index contributed by atoms with van der Waals surface area (Å²) in [4.78, 5) is 35.7. The van der Waals surface area contributed by atoms with Crippen LogP contribution in [0.1, 0.15) is 45.8 Å². The second kappa shape index (κ2) is 6.71. The summed E-state index contributed by atoms with van der Waals surface area (Å²) in [5, 5.41) is 11.5. The summed E-state index contributed by atoms with van der Waals surface area (Å²) in [6.45, 7) is 0. The smallest absolute Gasteiger partial charge is 0.326 e. The van der Waals surface area contributed by atoms with Gasteiger partial charge in [0.2, 0.25) is 5.91 Å². The van der Waals surface area contributed by atoms with Crippen molar-refractivity contribution in [1.82, 2.24) is 5.32 Å². The van der Waals surface area contributed by atoms with Crippen LogP contribution in [0.25, 0.3) is 0 Å². The summed E-state index contributed by atoms with van der Waals surface area (Å²) >= 11 is 1.42. The maximum absolute atomic E-state index is 12.1. The molecule has 1 aromatic rings. The molecular formula is C14H18N2O4S. The lowest BCUT2D eigenvalue weighted by molar-refractivity contribution is -0.139. The first kappa shape index (κ1) is 15.5. The molecule has 7 heteroatoms. The maximum Gasteiger partial charge on any atom is 0.326 e. The van der Waals surface area contributed by atoms with Gasteiger partial charge in [-0.25, -0.2) is 4.79 Å². The number of carboxylic acids is 1. The Bertz CT molecular complexity index is 544. The van der Waals surface area contributed by atoms with Gasteiger partial charge in [-0.3, -0.25) is 9.59 Å². The SMILES string of the molecule is NC(=O)CC[C@@H](NC(=O)c1cc2c(s1)CCCC2)C(=O)O. The van der Waals surface area contributed by atoms with Crippen molar-refractivity contribution in [2.24, 2.45) is 5.73 Å². The molecular weight excluding hydrogens is 292 g/mol. The van der Waals surface area contributed by atoms with Crippen LogP contribution in [0.3, 0.4) is 0 Å². The van der Waals surface area contributed by atoms with Crippen LogP contribution in [0.5, 0.6) is 0 Å². The molecule has 21 heavy (non-hydrogen) atoms. The zero-order valence-electron chi connectivity index (χ0n) is 11.6. The summed E-state index contributed by atoms with van der Waals surface area (Å²) in [6, 6.07) is 0.755. The summed E-state index contributed by atoms with van der Waals surface area (Å²) in [5.41, 5.74) is 6.20. The fourth-order valence-corrected chi connectivity index (χ4v) is 3.53. The van der Waals surface area contributed by atoms with Crippen molar-refractivity contribution in [2.45, 2.75) is 44.6 Å². The van der Waals surface area contributed by atoms with E-state index in [0.29, 0.717) is 4.88 Å². The number of fused-ring (bicyclic) bond motifs is 1. The molecule has 1 aliphatic carbocycles. The predicted molar refractivity (Wildman–Crippen MR) is 78.3 cm³/mol. The number of nitrogens with one attached hydrogen (secondary N) is 1. The van der Waals surface area contributed by atoms with Crippen molar-refractivity contribution in [3.05, 3.63) is 21.4 Å². The van der Waals surface area contributed by atoms with Crippen molar-refractivity contribution in [3.63, 3.8) is 0 Å². The number of aliphatic carboxylic acids is 1. The van der Waals surface area contributed by atoms with E-state index in [1.165, 1.54) is 21.8 Å². The number of carbonyl (C=O) groups is 3. The standard InChI is InChI=1S/C14H18N2O4S/c15-12(17)6-5-9(14(19)20)16-13(18)11-7-8-3-1-2-4-10(8)21-11/h7,9H,1-6H2,(H2,15,17)(H,16,18)(H,19,20)/t9-/m1/s1. The molecule has 0 spiro atoms. The minimum absolute atomic E-state index is 0.00148. The van der Waals surface area contributed by atoms with Crippen LogP contribution in [0.15, 0.2) is 6.07 Å². The first-order valence-electron chi connectivity index (χ1n) is 6.91. The summed E-state index contributed by atoms with van der Waals surface area (Å²) in [5.74, 6) is -2.14. The van der Waals surface area contributed by atoms with E-state index in [1.807, 2.05) is 6.07 Å². The Morgan fingerprint density at radius 1 is 1.33 bits per heavy atom. The second-order valence-electron chi connectivity index (χ2n) is 5.14. The molecule has 0 radical (unpaired) electrons. The van der Waals surface area contributed by atoms with Crippen LogP contribution < -0.4 is 11.1 Å². The molecule has 1 atom stereocenters. The minimum Gasteiger partial charge on any atom is -0.480 e. The highest BCUT2D eigenvalue weighted by molar-refractivity contribution is 7.14. The van der Waals surface area contributed by atoms with Gasteiger partial charge in [-0.05, 0) is 43.7 Å². The van der Waals surface area contributed by atoms with Crippen LogP contribution >= 0.6 is 11.3 Å². The van der Waals surface area contributed by atoms with E-state index < -0.39 is 23.8 Å². The maximum atomic E-state index is 12.1. The Morgan fingerprint density at radius 2 is 2.05 bits per heavy atom. The molecule has 0 bridgehead atoms. The fraction of sp³-hybridized carbons (Fsp3) is 0.500. The Kier molecular flexibility index (Phi) is 4.95. The lowest BCUT2D eigenvalue weighted by atomic mass is 9.99. The van der Waals surface area contributed by atoms with Gasteiger partial charge in [0.15, 0.2) is 0 Å². The van der Waals surface area contributed by atoms with E-state index in [9.17, 15) is 14.4 Å². The molecule has 1 heterocycles. The number of aryl methyl sites for hydroxylation is 2. The molecule has 0 saturated heterocycles. The van der Waals surface area contributed by atoms with Crippen molar-refractivity contribution in [1.29, 1.82) is 0 Å². The first-order valence-corrected chi connectivity index (χ1v) is 7.72. The third kappa shape index (κ3) is 4.04. The van der Waals surface area contributed by atoms with E-state index in [4.69, 9.17) is 10.8 Å². The summed E-state index contributed by atoms with van der Waals surface area (Å²) < 4.78 is 0. The topological polar surface area (TPSA) is 109 Å². The average Bonchev–Trinajstić information content (AvgIpc) is 2.86. The largest absolute Gasteiger partial charge is 0.480 e. The molecule has 114 valence electrons. The Morgan fingerprint density at radius 3 is 2.67 bits per heavy atom. The van der Waals surface area contributed by atoms with Gasteiger partial charge >= 0.3 is 5.97 Å². The van der Waals surface area contributed by atoms with Gasteiger partial charge in [0, 0.05) is 11.3 Å². The number of carboxylic acid groups (broad SMARTS) is 1. The molecule has 4 N–H and O–H groups in total. The van der Waals surface area contributed by atoms with Crippen LogP contribution in [-0.2, 0) is 22.4 Å². The Labute approximate surface area is 126 Å². The summed E-state index contributed by atoms with van der Waals surface area (Å²) in [6.07, 6.45) is 4.15. The number of carbonyl (C=O) groups excluding carboxylic acids is 2. The monoisotopic (exact) mass is 310 g/mol. The molecule has 2 rings (SSSR count). The number of hydrogen-bond donors (Lipinski definition) is 3. The van der Waals surface area contributed by atoms with Crippen LogP contribution in [0.4, 0.5) is 0 Å². The normalized spacial score (nSPS) is 15.0. The molecule has 0 unspecified atom stereocenters. The van der Waals surface area contributed by atoms with Crippen molar-refractivity contribution >= 4 is 29.1 Å². The van der Waals surface area contributed by atoms with E-state index >= 15 is 0 Å². The van der Waals surface area contributed by atoms with E-state index in [-0.39, 0.29) is 12.8 Å². The highest BCUT2D eigenvalue weighted by Gasteiger charge is 2.23. The number of rotatable bonds is 6. The van der Waals surface area contributed by atoms with Gasteiger partial charge in [-0.1, -0.05) is 0 Å². The highest BCUT2D eigenvalue weighted by atomic mass is 32.1. The molecule has 0 saturated carbocycles. The van der Waals surface area contributed by atoms with Gasteiger partial charge in [-0.15, -0.1) is 11.3 Å². The Balaban J connectivity index is 2.02. The lowest BCUT2D eigenvalue weighted by Crippen LogP contribution is -2.41.